The molecule has 4 aliphatic rings. The number of rotatable bonds is 3. The Labute approximate surface area is 237 Å². The molecule has 202 valence electrons. The summed E-state index contributed by atoms with van der Waals surface area (Å²) < 4.78 is 0. The molecular weight excluding hydrogens is 514 g/mol. The first-order chi connectivity index (χ1) is 19.8. The van der Waals surface area contributed by atoms with Crippen LogP contribution in [0.2, 0.25) is 0 Å². The first-order valence-electron chi connectivity index (χ1n) is 13.8. The minimum Gasteiger partial charge on any atom is -0.508 e. The average molecular weight is 542 g/mol. The summed E-state index contributed by atoms with van der Waals surface area (Å²) in [7, 11) is 0. The number of Topliss-reactive ketones (excluding diaryl/α,β-unsaturated/α-hetero) is 1. The Bertz CT molecular complexity index is 1820. The zero-order valence-corrected chi connectivity index (χ0v) is 22.5. The van der Waals surface area contributed by atoms with E-state index < -0.39 is 23.7 Å². The molecule has 0 spiro atoms. The van der Waals surface area contributed by atoms with E-state index in [1.165, 1.54) is 11.0 Å². The van der Waals surface area contributed by atoms with E-state index >= 15 is 0 Å². The van der Waals surface area contributed by atoms with E-state index in [4.69, 9.17) is 0 Å². The molecule has 3 aliphatic carbocycles. The van der Waals surface area contributed by atoms with Crippen molar-refractivity contribution in [2.75, 3.05) is 4.90 Å². The van der Waals surface area contributed by atoms with Crippen LogP contribution in [0.4, 0.5) is 5.69 Å². The molecule has 1 aliphatic heterocycles. The van der Waals surface area contributed by atoms with Crippen LogP contribution in [0.25, 0.3) is 16.8 Å². The molecule has 6 heteroatoms. The number of carbonyl (C=O) groups is 4. The molecule has 0 aromatic heterocycles. The number of ketones is 2. The van der Waals surface area contributed by atoms with E-state index in [-0.39, 0.29) is 35.6 Å². The highest BCUT2D eigenvalue weighted by Crippen LogP contribution is 2.57. The van der Waals surface area contributed by atoms with Gasteiger partial charge in [-0.15, -0.1) is 0 Å². The number of phenolic OH excluding ortho intramolecular Hbond substituents is 1. The molecule has 2 amide bonds. The van der Waals surface area contributed by atoms with Crippen molar-refractivity contribution in [3.05, 3.63) is 113 Å². The van der Waals surface area contributed by atoms with Gasteiger partial charge in [0.25, 0.3) is 0 Å². The third-order valence-electron chi connectivity index (χ3n) is 9.19. The molecule has 4 unspecified atom stereocenters. The Balaban J connectivity index is 1.41. The smallest absolute Gasteiger partial charge is 0.238 e. The van der Waals surface area contributed by atoms with Crippen LogP contribution in [-0.2, 0) is 19.2 Å². The molecule has 0 radical (unpaired) electrons. The number of nitrogens with zero attached hydrogens (tertiary/aromatic N) is 1. The third-order valence-corrected chi connectivity index (χ3v) is 9.19. The van der Waals surface area contributed by atoms with Gasteiger partial charge in [0.05, 0.1) is 17.5 Å². The van der Waals surface area contributed by atoms with Crippen LogP contribution in [0, 0.1) is 17.8 Å². The van der Waals surface area contributed by atoms with Gasteiger partial charge in [-0.1, -0.05) is 66.8 Å². The van der Waals surface area contributed by atoms with Crippen molar-refractivity contribution in [1.29, 1.82) is 0 Å². The molecule has 1 fully saturated rings. The fraction of sp³-hybridized carbons (Fsp3) is 0.200. The van der Waals surface area contributed by atoms with Crippen LogP contribution < -0.4 is 4.90 Å². The van der Waals surface area contributed by atoms with Crippen molar-refractivity contribution >= 4 is 45.9 Å². The molecule has 0 bridgehead atoms. The molecule has 1 heterocycles. The number of imide groups is 1. The first kappa shape index (κ1) is 25.1. The maximum Gasteiger partial charge on any atom is 0.238 e. The Morgan fingerprint density at radius 3 is 2.44 bits per heavy atom. The van der Waals surface area contributed by atoms with Gasteiger partial charge in [-0.2, -0.15) is 0 Å². The van der Waals surface area contributed by atoms with Crippen molar-refractivity contribution < 1.29 is 24.3 Å². The van der Waals surface area contributed by atoms with Crippen molar-refractivity contribution in [3.63, 3.8) is 0 Å². The summed E-state index contributed by atoms with van der Waals surface area (Å²) in [6.07, 6.45) is 5.57. The van der Waals surface area contributed by atoms with Crippen LogP contribution in [0.3, 0.4) is 0 Å². The summed E-state index contributed by atoms with van der Waals surface area (Å²) >= 11 is 0. The number of allylic oxidation sites excluding steroid dienone is 6. The molecule has 0 saturated carbocycles. The summed E-state index contributed by atoms with van der Waals surface area (Å²) in [5, 5.41) is 12.9. The molecule has 1 saturated heterocycles. The number of anilines is 1. The van der Waals surface area contributed by atoms with Gasteiger partial charge in [0.15, 0.2) is 11.6 Å². The lowest BCUT2D eigenvalue weighted by atomic mass is 9.59. The number of carbonyl (C=O) groups excluding carboxylic acids is 4. The van der Waals surface area contributed by atoms with E-state index in [2.05, 4.69) is 6.58 Å². The monoisotopic (exact) mass is 541 g/mol. The Hall–Kier alpha value is -4.84. The molecule has 41 heavy (non-hydrogen) atoms. The molecule has 6 nitrogen and oxygen atoms in total. The van der Waals surface area contributed by atoms with Crippen LogP contribution in [0.15, 0.2) is 102 Å². The standard InChI is InChI=1S/C35H27NO5/c1-3-19-8-11-21(12-9-19)36-34(40)24-14-13-23-25(29(24)35(36)41)17-26-28(38)16-18(2)33(39)32(26)31(23)30-22-7-5-4-6-20(22)10-15-27(30)37/h3-13,15-16,24-25,29,31,37H,1,14,17H2,2H3. The number of phenols is 1. The lowest BCUT2D eigenvalue weighted by Gasteiger charge is -2.42. The zero-order chi connectivity index (χ0) is 28.6. The number of benzene rings is 3. The van der Waals surface area contributed by atoms with Crippen LogP contribution in [-0.4, -0.2) is 28.5 Å². The van der Waals surface area contributed by atoms with Gasteiger partial charge in [-0.25, -0.2) is 0 Å². The van der Waals surface area contributed by atoms with Gasteiger partial charge in [0.1, 0.15) is 5.75 Å². The van der Waals surface area contributed by atoms with E-state index in [0.717, 1.165) is 21.9 Å². The average Bonchev–Trinajstić information content (AvgIpc) is 3.24. The van der Waals surface area contributed by atoms with Crippen LogP contribution >= 0.6 is 0 Å². The van der Waals surface area contributed by atoms with Crippen molar-refractivity contribution in [1.82, 2.24) is 0 Å². The second-order valence-electron chi connectivity index (χ2n) is 11.3. The maximum absolute atomic E-state index is 14.1. The number of amides is 2. The lowest BCUT2D eigenvalue weighted by molar-refractivity contribution is -0.123. The predicted molar refractivity (Wildman–Crippen MR) is 156 cm³/mol. The number of fused-ring (bicyclic) bond motifs is 4. The van der Waals surface area contributed by atoms with Gasteiger partial charge in [-0.3, -0.25) is 24.1 Å². The van der Waals surface area contributed by atoms with Gasteiger partial charge < -0.3 is 5.11 Å². The van der Waals surface area contributed by atoms with E-state index in [0.29, 0.717) is 34.4 Å². The van der Waals surface area contributed by atoms with Crippen LogP contribution in [0.5, 0.6) is 5.75 Å². The number of hydrogen-bond acceptors (Lipinski definition) is 5. The fourth-order valence-electron chi connectivity index (χ4n) is 7.29. The molecule has 1 N–H and O–H groups in total. The zero-order valence-electron chi connectivity index (χ0n) is 22.5. The van der Waals surface area contributed by atoms with E-state index in [1.54, 1.807) is 31.2 Å². The number of aromatic hydroxyl groups is 1. The minimum absolute atomic E-state index is 0.0226. The summed E-state index contributed by atoms with van der Waals surface area (Å²) in [5.41, 5.74) is 3.84. The van der Waals surface area contributed by atoms with Crippen LogP contribution in [0.1, 0.15) is 36.8 Å². The molecular formula is C35H27NO5. The lowest BCUT2D eigenvalue weighted by Crippen LogP contribution is -2.40. The van der Waals surface area contributed by atoms with Gasteiger partial charge in [0, 0.05) is 28.2 Å². The molecule has 3 aromatic rings. The third kappa shape index (κ3) is 3.56. The Morgan fingerprint density at radius 2 is 1.68 bits per heavy atom. The van der Waals surface area contributed by atoms with Gasteiger partial charge in [0.2, 0.25) is 11.8 Å². The minimum atomic E-state index is -0.709. The molecule has 4 atom stereocenters. The largest absolute Gasteiger partial charge is 0.508 e. The second kappa shape index (κ2) is 9.10. The highest BCUT2D eigenvalue weighted by atomic mass is 16.3. The normalized spacial score (nSPS) is 25.5. The van der Waals surface area contributed by atoms with Gasteiger partial charge >= 0.3 is 0 Å². The fourth-order valence-corrected chi connectivity index (χ4v) is 7.29. The van der Waals surface area contributed by atoms with E-state index in [9.17, 15) is 24.3 Å². The Kier molecular flexibility index (Phi) is 5.58. The van der Waals surface area contributed by atoms with Crippen molar-refractivity contribution in [3.8, 4) is 5.75 Å². The second-order valence-corrected chi connectivity index (χ2v) is 11.3. The molecule has 7 rings (SSSR count). The quantitative estimate of drug-likeness (QED) is 0.256. The summed E-state index contributed by atoms with van der Waals surface area (Å²) in [6.45, 7) is 5.40. The molecule has 3 aromatic carbocycles. The summed E-state index contributed by atoms with van der Waals surface area (Å²) in [4.78, 5) is 56.2. The first-order valence-corrected chi connectivity index (χ1v) is 13.8. The van der Waals surface area contributed by atoms with Crippen molar-refractivity contribution in [2.24, 2.45) is 17.8 Å². The maximum atomic E-state index is 14.1. The van der Waals surface area contributed by atoms with E-state index in [1.807, 2.05) is 48.5 Å². The highest BCUT2D eigenvalue weighted by Gasteiger charge is 2.57. The number of hydrogen-bond donors (Lipinski definition) is 1. The van der Waals surface area contributed by atoms with Crippen molar-refractivity contribution in [2.45, 2.75) is 25.7 Å². The predicted octanol–water partition coefficient (Wildman–Crippen LogP) is 5.82. The van der Waals surface area contributed by atoms with Gasteiger partial charge in [-0.05, 0) is 66.3 Å². The summed E-state index contributed by atoms with van der Waals surface area (Å²) in [5.74, 6) is -3.42. The topological polar surface area (TPSA) is 91.8 Å². The SMILES string of the molecule is C=Cc1ccc(N2C(=O)C3CC=C4C(c5c(O)ccc6ccccc56)C5=C(CC4C3C2=O)C(=O)C=C(C)C5=O)cc1. The summed E-state index contributed by atoms with van der Waals surface area (Å²) in [6, 6.07) is 18.2. The Morgan fingerprint density at radius 1 is 0.927 bits per heavy atom. The highest BCUT2D eigenvalue weighted by molar-refractivity contribution is 6.25.